The SMILES string of the molecule is CC1(NC(=O)c2cc(F)ccc2Br)CCNCC1.Cl. The molecule has 106 valence electrons. The summed E-state index contributed by atoms with van der Waals surface area (Å²) in [5.41, 5.74) is 0.128. The lowest BCUT2D eigenvalue weighted by Gasteiger charge is -2.35. The van der Waals surface area contributed by atoms with Gasteiger partial charge in [0.05, 0.1) is 5.56 Å². The summed E-state index contributed by atoms with van der Waals surface area (Å²) < 4.78 is 13.8. The van der Waals surface area contributed by atoms with Gasteiger partial charge in [0, 0.05) is 10.0 Å². The lowest BCUT2D eigenvalue weighted by atomic mass is 9.90. The third kappa shape index (κ3) is 4.16. The zero-order chi connectivity index (χ0) is 13.2. The Morgan fingerprint density at radius 2 is 2.05 bits per heavy atom. The molecule has 2 N–H and O–H groups in total. The first kappa shape index (κ1) is 16.4. The molecule has 1 saturated heterocycles. The largest absolute Gasteiger partial charge is 0.347 e. The zero-order valence-electron chi connectivity index (χ0n) is 10.6. The van der Waals surface area contributed by atoms with Crippen molar-refractivity contribution in [2.75, 3.05) is 13.1 Å². The van der Waals surface area contributed by atoms with Crippen molar-refractivity contribution in [1.29, 1.82) is 0 Å². The molecule has 1 aromatic rings. The van der Waals surface area contributed by atoms with E-state index < -0.39 is 5.82 Å². The van der Waals surface area contributed by atoms with Gasteiger partial charge in [0.1, 0.15) is 5.82 Å². The Hall–Kier alpha value is -0.650. The number of hydrogen-bond donors (Lipinski definition) is 2. The lowest BCUT2D eigenvalue weighted by Crippen LogP contribution is -2.52. The molecule has 0 saturated carbocycles. The molecule has 3 nitrogen and oxygen atoms in total. The molecule has 1 amide bonds. The number of hydrogen-bond acceptors (Lipinski definition) is 2. The second kappa shape index (κ2) is 6.68. The van der Waals surface area contributed by atoms with Crippen molar-refractivity contribution >= 4 is 34.2 Å². The third-order valence-electron chi connectivity index (χ3n) is 3.30. The van der Waals surface area contributed by atoms with Crippen molar-refractivity contribution < 1.29 is 9.18 Å². The van der Waals surface area contributed by atoms with Gasteiger partial charge in [-0.05, 0) is 67.0 Å². The van der Waals surface area contributed by atoms with Crippen LogP contribution in [0, 0.1) is 5.82 Å². The second-order valence-electron chi connectivity index (χ2n) is 4.89. The average molecular weight is 352 g/mol. The summed E-state index contributed by atoms with van der Waals surface area (Å²) in [7, 11) is 0. The van der Waals surface area contributed by atoms with Crippen LogP contribution in [0.15, 0.2) is 22.7 Å². The van der Waals surface area contributed by atoms with E-state index in [0.717, 1.165) is 25.9 Å². The van der Waals surface area contributed by atoms with Crippen molar-refractivity contribution in [3.63, 3.8) is 0 Å². The average Bonchev–Trinajstić information content (AvgIpc) is 2.32. The van der Waals surface area contributed by atoms with Crippen molar-refractivity contribution in [1.82, 2.24) is 10.6 Å². The van der Waals surface area contributed by atoms with Crippen LogP contribution in [0.5, 0.6) is 0 Å². The van der Waals surface area contributed by atoms with Crippen molar-refractivity contribution in [3.05, 3.63) is 34.1 Å². The number of rotatable bonds is 2. The summed E-state index contributed by atoms with van der Waals surface area (Å²) in [5.74, 6) is -0.635. The number of piperidine rings is 1. The van der Waals surface area contributed by atoms with E-state index in [1.165, 1.54) is 12.1 Å². The first-order valence-corrected chi connectivity index (χ1v) is 6.78. The standard InChI is InChI=1S/C13H16BrFN2O.ClH/c1-13(4-6-16-7-5-13)17-12(18)10-8-9(15)2-3-11(10)14;/h2-3,8,16H,4-7H2,1H3,(H,17,18);1H. The number of halogens is 3. The van der Waals surface area contributed by atoms with Crippen LogP contribution in [0.4, 0.5) is 4.39 Å². The fourth-order valence-electron chi connectivity index (χ4n) is 2.12. The first-order valence-electron chi connectivity index (χ1n) is 5.98. The Kier molecular flexibility index (Phi) is 5.77. The molecule has 1 aliphatic heterocycles. The minimum Gasteiger partial charge on any atom is -0.347 e. The number of benzene rings is 1. The molecule has 0 spiro atoms. The number of carbonyl (C=O) groups excluding carboxylic acids is 1. The Morgan fingerprint density at radius 1 is 1.42 bits per heavy atom. The maximum atomic E-state index is 13.2. The van der Waals surface area contributed by atoms with E-state index >= 15 is 0 Å². The molecular weight excluding hydrogens is 335 g/mol. The third-order valence-corrected chi connectivity index (χ3v) is 3.99. The molecule has 1 heterocycles. The van der Waals surface area contributed by atoms with Gasteiger partial charge in [-0.3, -0.25) is 4.79 Å². The summed E-state index contributed by atoms with van der Waals surface area (Å²) in [6, 6.07) is 4.13. The molecule has 6 heteroatoms. The summed E-state index contributed by atoms with van der Waals surface area (Å²) in [5, 5.41) is 6.26. The smallest absolute Gasteiger partial charge is 0.252 e. The minimum absolute atomic E-state index is 0. The highest BCUT2D eigenvalue weighted by atomic mass is 79.9. The molecule has 19 heavy (non-hydrogen) atoms. The molecule has 0 aliphatic carbocycles. The van der Waals surface area contributed by atoms with Gasteiger partial charge in [0.15, 0.2) is 0 Å². The van der Waals surface area contributed by atoms with Crippen LogP contribution in [0.1, 0.15) is 30.1 Å². The van der Waals surface area contributed by atoms with Crippen LogP contribution in [-0.2, 0) is 0 Å². The van der Waals surface area contributed by atoms with Crippen molar-refractivity contribution in [2.24, 2.45) is 0 Å². The van der Waals surface area contributed by atoms with Crippen LogP contribution in [0.25, 0.3) is 0 Å². The Bertz CT molecular complexity index is 464. The Balaban J connectivity index is 0.00000180. The highest BCUT2D eigenvalue weighted by Crippen LogP contribution is 2.21. The quantitative estimate of drug-likeness (QED) is 0.860. The molecule has 0 radical (unpaired) electrons. The van der Waals surface area contributed by atoms with Gasteiger partial charge in [-0.1, -0.05) is 0 Å². The summed E-state index contributed by atoms with van der Waals surface area (Å²) in [6.07, 6.45) is 1.76. The van der Waals surface area contributed by atoms with Gasteiger partial charge in [-0.2, -0.15) is 0 Å². The molecule has 1 fully saturated rings. The van der Waals surface area contributed by atoms with Crippen LogP contribution < -0.4 is 10.6 Å². The van der Waals surface area contributed by atoms with Crippen LogP contribution in [-0.4, -0.2) is 24.5 Å². The van der Waals surface area contributed by atoms with Gasteiger partial charge in [-0.25, -0.2) is 4.39 Å². The van der Waals surface area contributed by atoms with E-state index in [1.54, 1.807) is 6.07 Å². The Morgan fingerprint density at radius 3 is 2.68 bits per heavy atom. The van der Waals surface area contributed by atoms with Gasteiger partial charge in [0.25, 0.3) is 5.91 Å². The van der Waals surface area contributed by atoms with E-state index in [-0.39, 0.29) is 23.9 Å². The molecular formula is C13H17BrClFN2O. The summed E-state index contributed by atoms with van der Waals surface area (Å²) in [6.45, 7) is 3.81. The molecule has 1 aliphatic rings. The minimum atomic E-state index is -0.404. The number of carbonyl (C=O) groups is 1. The predicted molar refractivity (Wildman–Crippen MR) is 79.3 cm³/mol. The Labute approximate surface area is 126 Å². The van der Waals surface area contributed by atoms with E-state index in [2.05, 4.69) is 26.6 Å². The van der Waals surface area contributed by atoms with Gasteiger partial charge in [-0.15, -0.1) is 12.4 Å². The van der Waals surface area contributed by atoms with Crippen molar-refractivity contribution in [3.8, 4) is 0 Å². The first-order chi connectivity index (χ1) is 8.50. The summed E-state index contributed by atoms with van der Waals surface area (Å²) in [4.78, 5) is 12.2. The van der Waals surface area contributed by atoms with Crippen molar-refractivity contribution in [2.45, 2.75) is 25.3 Å². The van der Waals surface area contributed by atoms with E-state index in [9.17, 15) is 9.18 Å². The van der Waals surface area contributed by atoms with E-state index in [1.807, 2.05) is 6.92 Å². The van der Waals surface area contributed by atoms with Crippen LogP contribution in [0.2, 0.25) is 0 Å². The van der Waals surface area contributed by atoms with E-state index in [4.69, 9.17) is 0 Å². The van der Waals surface area contributed by atoms with E-state index in [0.29, 0.717) is 10.0 Å². The molecule has 0 aromatic heterocycles. The molecule has 1 aromatic carbocycles. The predicted octanol–water partition coefficient (Wildman–Crippen LogP) is 2.88. The molecule has 0 unspecified atom stereocenters. The maximum absolute atomic E-state index is 13.2. The highest BCUT2D eigenvalue weighted by molar-refractivity contribution is 9.10. The number of amides is 1. The normalized spacial score (nSPS) is 17.4. The number of nitrogens with one attached hydrogen (secondary N) is 2. The fourth-order valence-corrected chi connectivity index (χ4v) is 2.54. The van der Waals surface area contributed by atoms with Crippen LogP contribution in [0.3, 0.4) is 0 Å². The molecule has 2 rings (SSSR count). The molecule has 0 bridgehead atoms. The van der Waals surface area contributed by atoms with Crippen LogP contribution >= 0.6 is 28.3 Å². The molecule has 0 atom stereocenters. The summed E-state index contributed by atoms with van der Waals surface area (Å²) >= 11 is 3.27. The zero-order valence-corrected chi connectivity index (χ0v) is 13.0. The maximum Gasteiger partial charge on any atom is 0.252 e. The second-order valence-corrected chi connectivity index (χ2v) is 5.74. The van der Waals surface area contributed by atoms with Gasteiger partial charge in [0.2, 0.25) is 0 Å². The highest BCUT2D eigenvalue weighted by Gasteiger charge is 2.29. The van der Waals surface area contributed by atoms with Gasteiger partial charge < -0.3 is 10.6 Å². The fraction of sp³-hybridized carbons (Fsp3) is 0.462. The lowest BCUT2D eigenvalue weighted by molar-refractivity contribution is 0.0886. The monoisotopic (exact) mass is 350 g/mol. The topological polar surface area (TPSA) is 41.1 Å². The van der Waals surface area contributed by atoms with Gasteiger partial charge >= 0.3 is 0 Å².